The zero-order valence-corrected chi connectivity index (χ0v) is 13.0. The minimum Gasteiger partial charge on any atom is -0.413 e. The average Bonchev–Trinajstić information content (AvgIpc) is 3.25. The smallest absolute Gasteiger partial charge is 0.289 e. The van der Waals surface area contributed by atoms with Crippen molar-refractivity contribution < 1.29 is 8.94 Å². The Morgan fingerprint density at radius 2 is 1.87 bits per heavy atom. The molecule has 0 aliphatic heterocycles. The largest absolute Gasteiger partial charge is 0.413 e. The van der Waals surface area contributed by atoms with E-state index in [2.05, 4.69) is 27.3 Å². The molecule has 118 valence electrons. The summed E-state index contributed by atoms with van der Waals surface area (Å²) in [6, 6.07) is 9.63. The van der Waals surface area contributed by atoms with Gasteiger partial charge in [-0.05, 0) is 30.9 Å². The van der Waals surface area contributed by atoms with Crippen molar-refractivity contribution in [2.45, 2.75) is 38.5 Å². The molecule has 6 heteroatoms. The molecular weight excluding hydrogens is 292 g/mol. The van der Waals surface area contributed by atoms with E-state index in [1.165, 1.54) is 12.8 Å². The highest BCUT2D eigenvalue weighted by molar-refractivity contribution is 5.53. The van der Waals surface area contributed by atoms with Crippen LogP contribution in [0.2, 0.25) is 0 Å². The lowest BCUT2D eigenvalue weighted by molar-refractivity contribution is 0.276. The Hall–Kier alpha value is -2.50. The summed E-state index contributed by atoms with van der Waals surface area (Å²) in [6.07, 6.45) is 4.69. The Balaban J connectivity index is 1.56. The van der Waals surface area contributed by atoms with Gasteiger partial charge in [-0.1, -0.05) is 43.1 Å². The molecule has 0 saturated heterocycles. The van der Waals surface area contributed by atoms with Gasteiger partial charge in [-0.25, -0.2) is 0 Å². The van der Waals surface area contributed by atoms with Crippen molar-refractivity contribution in [1.82, 2.24) is 20.3 Å². The van der Waals surface area contributed by atoms with Crippen molar-refractivity contribution in [2.24, 2.45) is 5.92 Å². The summed E-state index contributed by atoms with van der Waals surface area (Å²) < 4.78 is 11.1. The summed E-state index contributed by atoms with van der Waals surface area (Å²) in [4.78, 5) is 4.47. The highest BCUT2D eigenvalue weighted by Gasteiger charge is 2.26. The molecular formula is C17H18N4O2. The molecule has 1 saturated carbocycles. The molecule has 0 spiro atoms. The molecule has 2 aromatic heterocycles. The van der Waals surface area contributed by atoms with Crippen LogP contribution in [0.15, 0.2) is 39.3 Å². The molecule has 23 heavy (non-hydrogen) atoms. The van der Waals surface area contributed by atoms with Crippen LogP contribution >= 0.6 is 0 Å². The number of nitrogens with zero attached hydrogens (tertiary/aromatic N) is 4. The summed E-state index contributed by atoms with van der Waals surface area (Å²) in [5.41, 5.74) is 0.871. The molecule has 2 atom stereocenters. The van der Waals surface area contributed by atoms with Gasteiger partial charge in [0.05, 0.1) is 0 Å². The van der Waals surface area contributed by atoms with Crippen LogP contribution < -0.4 is 0 Å². The Labute approximate surface area is 133 Å². The fourth-order valence-electron chi connectivity index (χ4n) is 3.16. The van der Waals surface area contributed by atoms with Gasteiger partial charge in [-0.3, -0.25) is 0 Å². The quantitative estimate of drug-likeness (QED) is 0.725. The van der Waals surface area contributed by atoms with Gasteiger partial charge in [0.15, 0.2) is 0 Å². The third-order valence-corrected chi connectivity index (χ3v) is 4.36. The molecule has 6 nitrogen and oxygen atoms in total. The van der Waals surface area contributed by atoms with Crippen LogP contribution in [-0.2, 0) is 0 Å². The highest BCUT2D eigenvalue weighted by atomic mass is 16.5. The fraction of sp³-hybridized carbons (Fsp3) is 0.412. The Morgan fingerprint density at radius 1 is 1.04 bits per heavy atom. The van der Waals surface area contributed by atoms with Crippen LogP contribution in [0.4, 0.5) is 0 Å². The van der Waals surface area contributed by atoms with Gasteiger partial charge < -0.3 is 8.94 Å². The second kappa shape index (κ2) is 5.95. The number of hydrogen-bond donors (Lipinski definition) is 0. The Morgan fingerprint density at radius 3 is 2.70 bits per heavy atom. The molecule has 1 aromatic carbocycles. The Bertz CT molecular complexity index is 781. The van der Waals surface area contributed by atoms with Crippen molar-refractivity contribution in [3.05, 3.63) is 36.2 Å². The summed E-state index contributed by atoms with van der Waals surface area (Å²) in [6.45, 7) is 2.27. The van der Waals surface area contributed by atoms with Gasteiger partial charge in [-0.15, -0.1) is 10.2 Å². The number of aromatic nitrogens is 4. The second-order valence-electron chi connectivity index (χ2n) is 6.20. The van der Waals surface area contributed by atoms with Crippen molar-refractivity contribution in [3.8, 4) is 23.2 Å². The van der Waals surface area contributed by atoms with Crippen LogP contribution in [0.25, 0.3) is 23.2 Å². The standard InChI is InChI=1S/C17H18N4O2/c1-11-6-5-9-13(10-11)15-18-14(21-23-15)17-20-19-16(22-17)12-7-3-2-4-8-12/h2-4,7-8,11,13H,5-6,9-10H2,1H3. The molecule has 4 rings (SSSR count). The monoisotopic (exact) mass is 310 g/mol. The minimum atomic E-state index is 0.294. The van der Waals surface area contributed by atoms with E-state index in [1.54, 1.807) is 0 Å². The van der Waals surface area contributed by atoms with E-state index in [0.29, 0.717) is 35.3 Å². The van der Waals surface area contributed by atoms with E-state index < -0.39 is 0 Å². The van der Waals surface area contributed by atoms with Gasteiger partial charge in [0, 0.05) is 11.5 Å². The lowest BCUT2D eigenvalue weighted by Crippen LogP contribution is -2.11. The van der Waals surface area contributed by atoms with Crippen LogP contribution in [-0.4, -0.2) is 20.3 Å². The first kappa shape index (κ1) is 14.1. The predicted octanol–water partition coefficient (Wildman–Crippen LogP) is 4.08. The first-order chi connectivity index (χ1) is 11.3. The third kappa shape index (κ3) is 2.88. The average molecular weight is 310 g/mol. The van der Waals surface area contributed by atoms with Gasteiger partial charge in [0.25, 0.3) is 11.7 Å². The third-order valence-electron chi connectivity index (χ3n) is 4.36. The van der Waals surface area contributed by atoms with E-state index in [1.807, 2.05) is 30.3 Å². The zero-order chi connectivity index (χ0) is 15.6. The zero-order valence-electron chi connectivity index (χ0n) is 13.0. The van der Waals surface area contributed by atoms with Crippen molar-refractivity contribution in [3.63, 3.8) is 0 Å². The van der Waals surface area contributed by atoms with Crippen molar-refractivity contribution in [2.75, 3.05) is 0 Å². The first-order valence-electron chi connectivity index (χ1n) is 8.02. The summed E-state index contributed by atoms with van der Waals surface area (Å²) in [5.74, 6) is 2.86. The van der Waals surface area contributed by atoms with Crippen LogP contribution in [0, 0.1) is 5.92 Å². The normalized spacial score (nSPS) is 21.4. The summed E-state index contributed by atoms with van der Waals surface area (Å²) >= 11 is 0. The lowest BCUT2D eigenvalue weighted by Gasteiger charge is -2.23. The molecule has 2 unspecified atom stereocenters. The number of benzene rings is 1. The fourth-order valence-corrected chi connectivity index (χ4v) is 3.16. The van der Waals surface area contributed by atoms with E-state index in [0.717, 1.165) is 18.4 Å². The van der Waals surface area contributed by atoms with Crippen LogP contribution in [0.3, 0.4) is 0 Å². The molecule has 0 amide bonds. The van der Waals surface area contributed by atoms with Gasteiger partial charge in [0.2, 0.25) is 11.8 Å². The molecule has 2 heterocycles. The van der Waals surface area contributed by atoms with Crippen molar-refractivity contribution >= 4 is 0 Å². The minimum absolute atomic E-state index is 0.294. The van der Waals surface area contributed by atoms with E-state index in [-0.39, 0.29) is 0 Å². The maximum atomic E-state index is 5.67. The van der Waals surface area contributed by atoms with Gasteiger partial charge in [0.1, 0.15) is 0 Å². The molecule has 0 N–H and O–H groups in total. The topological polar surface area (TPSA) is 77.8 Å². The lowest BCUT2D eigenvalue weighted by atomic mass is 9.82. The number of rotatable bonds is 3. The molecule has 3 aromatic rings. The highest BCUT2D eigenvalue weighted by Crippen LogP contribution is 2.35. The van der Waals surface area contributed by atoms with E-state index >= 15 is 0 Å². The molecule has 0 bridgehead atoms. The molecule has 1 aliphatic rings. The van der Waals surface area contributed by atoms with Crippen molar-refractivity contribution in [1.29, 1.82) is 0 Å². The molecule has 0 radical (unpaired) electrons. The predicted molar refractivity (Wildman–Crippen MR) is 83.4 cm³/mol. The van der Waals surface area contributed by atoms with E-state index in [9.17, 15) is 0 Å². The molecule has 1 fully saturated rings. The number of hydrogen-bond acceptors (Lipinski definition) is 6. The second-order valence-corrected chi connectivity index (χ2v) is 6.20. The van der Waals surface area contributed by atoms with Gasteiger partial charge in [-0.2, -0.15) is 4.98 Å². The maximum Gasteiger partial charge on any atom is 0.289 e. The summed E-state index contributed by atoms with van der Waals surface area (Å²) in [7, 11) is 0. The van der Waals surface area contributed by atoms with E-state index in [4.69, 9.17) is 8.94 Å². The van der Waals surface area contributed by atoms with Gasteiger partial charge >= 0.3 is 0 Å². The maximum absolute atomic E-state index is 5.67. The SMILES string of the molecule is CC1CCCC(c2nc(-c3nnc(-c4ccccc4)o3)no2)C1. The summed E-state index contributed by atoms with van der Waals surface area (Å²) in [5, 5.41) is 12.1. The molecule has 1 aliphatic carbocycles. The first-order valence-corrected chi connectivity index (χ1v) is 8.02. The van der Waals surface area contributed by atoms with Crippen LogP contribution in [0.1, 0.15) is 44.4 Å². The Kier molecular flexibility index (Phi) is 3.65. The van der Waals surface area contributed by atoms with Crippen LogP contribution in [0.5, 0.6) is 0 Å².